The summed E-state index contributed by atoms with van der Waals surface area (Å²) in [6.45, 7) is 2.77. The summed E-state index contributed by atoms with van der Waals surface area (Å²) < 4.78 is 42.1. The molecule has 4 nitrogen and oxygen atoms in total. The molecule has 2 rings (SSSR count). The number of alkyl halides is 3. The van der Waals surface area contributed by atoms with Crippen molar-refractivity contribution in [3.05, 3.63) is 47.6 Å². The van der Waals surface area contributed by atoms with Crippen LogP contribution in [0.3, 0.4) is 0 Å². The normalized spacial score (nSPS) is 13.3. The third-order valence-corrected chi connectivity index (χ3v) is 2.94. The summed E-state index contributed by atoms with van der Waals surface area (Å²) in [6, 6.07) is 9.31. The third-order valence-electron chi connectivity index (χ3n) is 2.94. The van der Waals surface area contributed by atoms with Crippen LogP contribution >= 0.6 is 0 Å². The van der Waals surface area contributed by atoms with Crippen LogP contribution in [0.25, 0.3) is 0 Å². The van der Waals surface area contributed by atoms with Crippen molar-refractivity contribution in [2.75, 3.05) is 6.54 Å². The highest BCUT2D eigenvalue weighted by atomic mass is 19.4. The molecule has 0 aliphatic heterocycles. The summed E-state index contributed by atoms with van der Waals surface area (Å²) in [5, 5.41) is 6.25. The number of hydrogen-bond donors (Lipinski definition) is 1. The summed E-state index contributed by atoms with van der Waals surface area (Å²) in [5.74, 6) is -1.26. The molecule has 0 saturated carbocycles. The molecule has 0 fully saturated rings. The van der Waals surface area contributed by atoms with E-state index >= 15 is 0 Å². The van der Waals surface area contributed by atoms with Crippen LogP contribution in [0.2, 0.25) is 0 Å². The van der Waals surface area contributed by atoms with Gasteiger partial charge in [0.15, 0.2) is 0 Å². The van der Waals surface area contributed by atoms with Crippen molar-refractivity contribution < 1.29 is 17.7 Å². The molecule has 2 aromatic rings. The van der Waals surface area contributed by atoms with Crippen molar-refractivity contribution in [2.45, 2.75) is 32.0 Å². The Morgan fingerprint density at radius 3 is 2.52 bits per heavy atom. The topological polar surface area (TPSA) is 51.0 Å². The van der Waals surface area contributed by atoms with Gasteiger partial charge in [0.1, 0.15) is 0 Å². The molecule has 0 amide bonds. The Bertz CT molecular complexity index is 554. The molecule has 114 valence electrons. The fourth-order valence-electron chi connectivity index (χ4n) is 1.94. The number of halogens is 3. The van der Waals surface area contributed by atoms with Crippen molar-refractivity contribution in [3.8, 4) is 0 Å². The molecule has 1 heterocycles. The number of hydrogen-bond acceptors (Lipinski definition) is 4. The molecule has 7 heteroatoms. The van der Waals surface area contributed by atoms with E-state index in [1.165, 1.54) is 0 Å². The minimum Gasteiger partial charge on any atom is -0.339 e. The molecular weight excluding hydrogens is 283 g/mol. The van der Waals surface area contributed by atoms with E-state index in [4.69, 9.17) is 4.52 Å². The van der Waals surface area contributed by atoms with Crippen LogP contribution in [0.1, 0.15) is 36.7 Å². The zero-order chi connectivity index (χ0) is 15.3. The zero-order valence-electron chi connectivity index (χ0n) is 11.5. The molecular formula is C14H16F3N3O. The van der Waals surface area contributed by atoms with Crippen molar-refractivity contribution in [1.82, 2.24) is 15.5 Å². The maximum absolute atomic E-state index is 12.5. The lowest BCUT2D eigenvalue weighted by Gasteiger charge is -2.17. The molecule has 0 spiro atoms. The van der Waals surface area contributed by atoms with Gasteiger partial charge in [-0.3, -0.25) is 0 Å². The van der Waals surface area contributed by atoms with Crippen LogP contribution in [0.4, 0.5) is 13.2 Å². The van der Waals surface area contributed by atoms with Crippen molar-refractivity contribution >= 4 is 0 Å². The first-order valence-electron chi connectivity index (χ1n) is 6.68. The van der Waals surface area contributed by atoms with E-state index in [0.29, 0.717) is 0 Å². The zero-order valence-corrected chi connectivity index (χ0v) is 11.5. The molecule has 1 atom stereocenters. The van der Waals surface area contributed by atoms with E-state index in [1.54, 1.807) is 0 Å². The van der Waals surface area contributed by atoms with Crippen molar-refractivity contribution in [3.63, 3.8) is 0 Å². The fourth-order valence-corrected chi connectivity index (χ4v) is 1.94. The van der Waals surface area contributed by atoms with Gasteiger partial charge in [-0.2, -0.15) is 18.2 Å². The second-order valence-electron chi connectivity index (χ2n) is 4.63. The SMILES string of the molecule is CCCNC(Cc1nc(C(F)(F)F)no1)c1ccccc1. The molecule has 21 heavy (non-hydrogen) atoms. The molecule has 1 N–H and O–H groups in total. The first kappa shape index (κ1) is 15.5. The van der Waals surface area contributed by atoms with Gasteiger partial charge in [-0.15, -0.1) is 0 Å². The average Bonchev–Trinajstić information content (AvgIpc) is 2.93. The van der Waals surface area contributed by atoms with E-state index in [2.05, 4.69) is 15.5 Å². The van der Waals surface area contributed by atoms with Gasteiger partial charge in [0.2, 0.25) is 5.89 Å². The Balaban J connectivity index is 2.13. The van der Waals surface area contributed by atoms with Gasteiger partial charge in [0, 0.05) is 12.5 Å². The maximum atomic E-state index is 12.5. The number of nitrogens with zero attached hydrogens (tertiary/aromatic N) is 2. The lowest BCUT2D eigenvalue weighted by atomic mass is 10.0. The minimum absolute atomic E-state index is 0.0280. The summed E-state index contributed by atoms with van der Waals surface area (Å²) in [7, 11) is 0. The van der Waals surface area contributed by atoms with Crippen LogP contribution in [0.15, 0.2) is 34.9 Å². The lowest BCUT2D eigenvalue weighted by molar-refractivity contribution is -0.146. The predicted octanol–water partition coefficient (Wildman–Crippen LogP) is 3.37. The smallest absolute Gasteiger partial charge is 0.339 e. The van der Waals surface area contributed by atoms with Gasteiger partial charge in [-0.05, 0) is 18.5 Å². The Hall–Kier alpha value is -1.89. The second-order valence-corrected chi connectivity index (χ2v) is 4.63. The van der Waals surface area contributed by atoms with Gasteiger partial charge >= 0.3 is 6.18 Å². The van der Waals surface area contributed by atoms with Gasteiger partial charge in [0.05, 0.1) is 0 Å². The first-order chi connectivity index (χ1) is 10.0. The molecule has 0 aliphatic rings. The van der Waals surface area contributed by atoms with E-state index in [9.17, 15) is 13.2 Å². The van der Waals surface area contributed by atoms with Crippen LogP contribution in [-0.2, 0) is 12.6 Å². The molecule has 1 aromatic carbocycles. The van der Waals surface area contributed by atoms with Gasteiger partial charge in [-0.25, -0.2) is 0 Å². The molecule has 1 aromatic heterocycles. The molecule has 0 bridgehead atoms. The molecule has 0 radical (unpaired) electrons. The van der Waals surface area contributed by atoms with E-state index < -0.39 is 12.0 Å². The van der Waals surface area contributed by atoms with Gasteiger partial charge in [0.25, 0.3) is 5.82 Å². The summed E-state index contributed by atoms with van der Waals surface area (Å²) in [6.07, 6.45) is -3.45. The van der Waals surface area contributed by atoms with Crippen molar-refractivity contribution in [2.24, 2.45) is 0 Å². The van der Waals surface area contributed by atoms with E-state index in [0.717, 1.165) is 18.5 Å². The maximum Gasteiger partial charge on any atom is 0.455 e. The highest BCUT2D eigenvalue weighted by Gasteiger charge is 2.37. The molecule has 0 aliphatic carbocycles. The highest BCUT2D eigenvalue weighted by Crippen LogP contribution is 2.27. The average molecular weight is 299 g/mol. The summed E-state index contributed by atoms with van der Waals surface area (Å²) >= 11 is 0. The molecule has 1 unspecified atom stereocenters. The van der Waals surface area contributed by atoms with E-state index in [-0.39, 0.29) is 18.4 Å². The van der Waals surface area contributed by atoms with Crippen molar-refractivity contribution in [1.29, 1.82) is 0 Å². The third kappa shape index (κ3) is 4.29. The summed E-state index contributed by atoms with van der Waals surface area (Å²) in [4.78, 5) is 3.41. The van der Waals surface area contributed by atoms with E-state index in [1.807, 2.05) is 37.3 Å². The minimum atomic E-state index is -4.58. The van der Waals surface area contributed by atoms with Crippen LogP contribution < -0.4 is 5.32 Å². The largest absolute Gasteiger partial charge is 0.455 e. The fraction of sp³-hybridized carbons (Fsp3) is 0.429. The second kappa shape index (κ2) is 6.71. The molecule has 0 saturated heterocycles. The lowest BCUT2D eigenvalue weighted by Crippen LogP contribution is -2.24. The first-order valence-corrected chi connectivity index (χ1v) is 6.68. The van der Waals surface area contributed by atoms with Crippen LogP contribution in [0, 0.1) is 0 Å². The predicted molar refractivity (Wildman–Crippen MR) is 70.5 cm³/mol. The van der Waals surface area contributed by atoms with Crippen LogP contribution in [0.5, 0.6) is 0 Å². The highest BCUT2D eigenvalue weighted by molar-refractivity contribution is 5.19. The number of aromatic nitrogens is 2. The Morgan fingerprint density at radius 1 is 1.24 bits per heavy atom. The Morgan fingerprint density at radius 2 is 1.95 bits per heavy atom. The van der Waals surface area contributed by atoms with Gasteiger partial charge < -0.3 is 9.84 Å². The standard InChI is InChI=1S/C14H16F3N3O/c1-2-8-18-11(10-6-4-3-5-7-10)9-12-19-13(20-21-12)14(15,16)17/h3-7,11,18H,2,8-9H2,1H3. The number of nitrogens with one attached hydrogen (secondary N) is 1. The van der Waals surface area contributed by atoms with Gasteiger partial charge in [-0.1, -0.05) is 42.4 Å². The number of rotatable bonds is 6. The Kier molecular flexibility index (Phi) is 4.95. The summed E-state index contributed by atoms with van der Waals surface area (Å²) in [5.41, 5.74) is 0.970. The Labute approximate surface area is 120 Å². The number of benzene rings is 1. The quantitative estimate of drug-likeness (QED) is 0.888. The van der Waals surface area contributed by atoms with Crippen LogP contribution in [-0.4, -0.2) is 16.7 Å². The monoisotopic (exact) mass is 299 g/mol.